The molecule has 3 heterocycles. The van der Waals surface area contributed by atoms with Gasteiger partial charge >= 0.3 is 0 Å². The predicted molar refractivity (Wildman–Crippen MR) is 198 cm³/mol. The number of halogens is 2. The van der Waals surface area contributed by atoms with Gasteiger partial charge in [-0.15, -0.1) is 0 Å². The van der Waals surface area contributed by atoms with Crippen LogP contribution in [0.2, 0.25) is 23.7 Å². The quantitative estimate of drug-likeness (QED) is 0.147. The van der Waals surface area contributed by atoms with E-state index in [1.807, 2.05) is 55.5 Å². The largest absolute Gasteiger partial charge is 0.394 e. The van der Waals surface area contributed by atoms with Crippen molar-refractivity contribution in [2.75, 3.05) is 16.8 Å². The number of hydrogen-bond donors (Lipinski definition) is 2. The number of aliphatic hydroxyl groups is 1. The lowest BCUT2D eigenvalue weighted by Crippen LogP contribution is -2.48. The highest BCUT2D eigenvalue weighted by atomic mass is 35.5. The lowest BCUT2D eigenvalue weighted by molar-refractivity contribution is -0.151. The summed E-state index contributed by atoms with van der Waals surface area (Å²) in [6.07, 6.45) is -0.474. The second-order valence-corrected chi connectivity index (χ2v) is 18.6. The van der Waals surface area contributed by atoms with Gasteiger partial charge in [-0.3, -0.25) is 14.4 Å². The zero-order valence-corrected chi connectivity index (χ0v) is 30.6. The molecule has 3 aliphatic rings. The molecule has 3 amide bonds. The molecule has 0 bridgehead atoms. The molecule has 0 aromatic heterocycles. The molecule has 0 unspecified atom stereocenters. The van der Waals surface area contributed by atoms with Crippen molar-refractivity contribution in [1.82, 2.24) is 4.90 Å². The van der Waals surface area contributed by atoms with Crippen LogP contribution in [0, 0.1) is 5.92 Å². The average Bonchev–Trinajstić information content (AvgIpc) is 3.53. The van der Waals surface area contributed by atoms with Crippen LogP contribution in [0.4, 0.5) is 15.5 Å². The number of nitrogens with one attached hydrogen (secondary N) is 1. The summed E-state index contributed by atoms with van der Waals surface area (Å²) < 4.78 is 23.3. The van der Waals surface area contributed by atoms with E-state index in [1.165, 1.54) is 0 Å². The van der Waals surface area contributed by atoms with Gasteiger partial charge in [0.25, 0.3) is 11.8 Å². The van der Waals surface area contributed by atoms with E-state index in [0.29, 0.717) is 40.5 Å². The van der Waals surface area contributed by atoms with Gasteiger partial charge in [0.15, 0.2) is 5.60 Å². The molecule has 3 aliphatic heterocycles. The molecule has 5 atom stereocenters. The first-order valence-electron chi connectivity index (χ1n) is 17.3. The van der Waals surface area contributed by atoms with Crippen LogP contribution in [0.15, 0.2) is 97.1 Å². The van der Waals surface area contributed by atoms with E-state index < -0.39 is 37.6 Å². The van der Waals surface area contributed by atoms with Crippen molar-refractivity contribution in [3.8, 4) is 0 Å². The van der Waals surface area contributed by atoms with Crippen LogP contribution in [-0.4, -0.2) is 54.9 Å². The standard InChI is InChI=1S/C40H41ClFN3O5Si/c1-25-37(51(2,3)42)35(21-36(47)44-23-29-14-8-7-13-28(29)19-32(44)24-46)50-40(25)33-20-30(41)16-17-34(33)45(39(40)49)22-26-10-9-15-31(18-26)43-38(48)27-11-5-4-6-12-27/h4-18,20,25,32,35,37,46H,19,21-24H2,1-3H3,(H,43,48)/t25-,32+,35+,37-,40+/m1/s1. The summed E-state index contributed by atoms with van der Waals surface area (Å²) in [5.74, 6) is -1.45. The Hall–Kier alpha value is -4.35. The summed E-state index contributed by atoms with van der Waals surface area (Å²) in [5.41, 5.74) is 2.89. The molecule has 0 radical (unpaired) electrons. The van der Waals surface area contributed by atoms with E-state index in [2.05, 4.69) is 5.32 Å². The summed E-state index contributed by atoms with van der Waals surface area (Å²) in [5, 5.41) is 13.6. The predicted octanol–water partition coefficient (Wildman–Crippen LogP) is 7.25. The van der Waals surface area contributed by atoms with Gasteiger partial charge in [0.1, 0.15) is 0 Å². The van der Waals surface area contributed by atoms with E-state index >= 15 is 4.11 Å². The zero-order chi connectivity index (χ0) is 36.1. The van der Waals surface area contributed by atoms with Crippen molar-refractivity contribution in [2.45, 2.75) is 69.2 Å². The molecule has 264 valence electrons. The van der Waals surface area contributed by atoms with Crippen LogP contribution in [0.25, 0.3) is 0 Å². The number of fused-ring (bicyclic) bond motifs is 3. The van der Waals surface area contributed by atoms with Gasteiger partial charge in [-0.1, -0.05) is 73.1 Å². The molecule has 0 aliphatic carbocycles. The Bertz CT molecular complexity index is 1990. The number of carbonyl (C=O) groups excluding carboxylic acids is 3. The first-order valence-corrected chi connectivity index (χ1v) is 20.6. The molecule has 7 rings (SSSR count). The third-order valence-electron chi connectivity index (χ3n) is 10.7. The van der Waals surface area contributed by atoms with Crippen molar-refractivity contribution in [3.63, 3.8) is 0 Å². The number of hydrogen-bond acceptors (Lipinski definition) is 5. The second kappa shape index (κ2) is 13.6. The Morgan fingerprint density at radius 3 is 2.45 bits per heavy atom. The maximum absolute atomic E-state index is 16.5. The third-order valence-corrected chi connectivity index (χ3v) is 13.4. The smallest absolute Gasteiger partial charge is 0.264 e. The summed E-state index contributed by atoms with van der Waals surface area (Å²) in [4.78, 5) is 45.1. The maximum atomic E-state index is 16.5. The monoisotopic (exact) mass is 725 g/mol. The normalized spacial score (nSPS) is 24.1. The van der Waals surface area contributed by atoms with E-state index in [0.717, 1.165) is 16.7 Å². The number of amides is 3. The van der Waals surface area contributed by atoms with Gasteiger partial charge in [-0.05, 0) is 78.7 Å². The van der Waals surface area contributed by atoms with Crippen LogP contribution in [0.1, 0.15) is 46.0 Å². The molecule has 8 nitrogen and oxygen atoms in total. The SMILES string of the molecule is C[C@@H]1[C@@H]([Si](C)(C)F)[C@H](CC(=O)N2Cc3ccccc3C[C@H]2CO)O[C@@]12C(=O)N(Cc1cccc(NC(=O)c3ccccc3)c1)c1ccc(Cl)cc12. The first-order chi connectivity index (χ1) is 24.4. The van der Waals surface area contributed by atoms with E-state index in [4.69, 9.17) is 16.3 Å². The molecular formula is C40H41ClFN3O5Si. The van der Waals surface area contributed by atoms with Crippen LogP contribution in [0.3, 0.4) is 0 Å². The fourth-order valence-corrected chi connectivity index (χ4v) is 11.1. The highest BCUT2D eigenvalue weighted by Crippen LogP contribution is 2.60. The fraction of sp³-hybridized carbons (Fsp3) is 0.325. The molecular weight excluding hydrogens is 685 g/mol. The lowest BCUT2D eigenvalue weighted by atomic mass is 9.82. The Labute approximate surface area is 303 Å². The molecule has 1 saturated heterocycles. The van der Waals surface area contributed by atoms with Crippen LogP contribution in [0.5, 0.6) is 0 Å². The van der Waals surface area contributed by atoms with Crippen molar-refractivity contribution in [3.05, 3.63) is 130 Å². The maximum Gasteiger partial charge on any atom is 0.264 e. The number of carbonyl (C=O) groups is 3. The van der Waals surface area contributed by atoms with Crippen LogP contribution in [-0.2, 0) is 39.4 Å². The minimum absolute atomic E-state index is 0.123. The van der Waals surface area contributed by atoms with Gasteiger partial charge in [-0.2, -0.15) is 0 Å². The molecule has 0 saturated carbocycles. The van der Waals surface area contributed by atoms with Gasteiger partial charge in [-0.25, -0.2) is 0 Å². The highest BCUT2D eigenvalue weighted by Gasteiger charge is 2.67. The molecule has 4 aromatic rings. The molecule has 1 spiro atoms. The number of rotatable bonds is 8. The van der Waals surface area contributed by atoms with Gasteiger partial charge in [0, 0.05) is 39.8 Å². The van der Waals surface area contributed by atoms with Crippen LogP contribution >= 0.6 is 11.6 Å². The number of aliphatic hydroxyl groups excluding tert-OH is 1. The third kappa shape index (κ3) is 6.39. The Kier molecular flexibility index (Phi) is 9.39. The highest BCUT2D eigenvalue weighted by molar-refractivity contribution is 6.72. The summed E-state index contributed by atoms with van der Waals surface area (Å²) >= 11 is 6.55. The van der Waals surface area contributed by atoms with Gasteiger partial charge in [0.05, 0.1) is 37.4 Å². The molecule has 11 heteroatoms. The van der Waals surface area contributed by atoms with Crippen molar-refractivity contribution in [1.29, 1.82) is 0 Å². The summed E-state index contributed by atoms with van der Waals surface area (Å²) in [6.45, 7) is 5.36. The van der Waals surface area contributed by atoms with Gasteiger partial charge in [0.2, 0.25) is 14.3 Å². The molecule has 4 aromatic carbocycles. The Morgan fingerprint density at radius 2 is 1.73 bits per heavy atom. The Morgan fingerprint density at radius 1 is 1.00 bits per heavy atom. The Balaban J connectivity index is 1.19. The average molecular weight is 726 g/mol. The van der Waals surface area contributed by atoms with Crippen molar-refractivity contribution >= 4 is 49.1 Å². The second-order valence-electron chi connectivity index (χ2n) is 14.4. The minimum atomic E-state index is -3.54. The lowest BCUT2D eigenvalue weighted by Gasteiger charge is -2.37. The van der Waals surface area contributed by atoms with Crippen LogP contribution < -0.4 is 10.2 Å². The summed E-state index contributed by atoms with van der Waals surface area (Å²) in [6, 6.07) is 28.9. The topological polar surface area (TPSA) is 99.2 Å². The molecule has 2 N–H and O–H groups in total. The fourth-order valence-electron chi connectivity index (χ4n) is 8.43. The van der Waals surface area contributed by atoms with E-state index in [-0.39, 0.29) is 37.3 Å². The minimum Gasteiger partial charge on any atom is -0.394 e. The number of anilines is 2. The number of nitrogens with zero attached hydrogens (tertiary/aromatic N) is 2. The zero-order valence-electron chi connectivity index (χ0n) is 28.8. The van der Waals surface area contributed by atoms with E-state index in [1.54, 1.807) is 71.4 Å². The van der Waals surface area contributed by atoms with Crippen molar-refractivity contribution in [2.24, 2.45) is 5.92 Å². The van der Waals surface area contributed by atoms with Gasteiger partial charge < -0.3 is 29.1 Å². The summed E-state index contributed by atoms with van der Waals surface area (Å²) in [7, 11) is -3.54. The number of benzene rings is 4. The number of ether oxygens (including phenoxy) is 1. The van der Waals surface area contributed by atoms with Crippen molar-refractivity contribution < 1.29 is 28.3 Å². The molecule has 1 fully saturated rings. The first kappa shape index (κ1) is 35.1. The molecule has 51 heavy (non-hydrogen) atoms. The van der Waals surface area contributed by atoms with E-state index in [9.17, 15) is 19.5 Å².